The summed E-state index contributed by atoms with van der Waals surface area (Å²) in [5, 5.41) is 0. The molecule has 1 aromatic rings. The molecule has 0 N–H and O–H groups in total. The second-order valence-corrected chi connectivity index (χ2v) is 8.05. The zero-order valence-electron chi connectivity index (χ0n) is 17.1. The van der Waals surface area contributed by atoms with Gasteiger partial charge in [-0.2, -0.15) is 0 Å². The number of benzene rings is 1. The third kappa shape index (κ3) is 4.80. The minimum Gasteiger partial charge on any atom is -0.298 e. The van der Waals surface area contributed by atoms with Gasteiger partial charge in [0.25, 0.3) is 0 Å². The maximum Gasteiger partial charge on any atom is 0.164 e. The molecule has 148 valence electrons. The number of hydrogen-bond acceptors (Lipinski definition) is 4. The van der Waals surface area contributed by atoms with Crippen molar-refractivity contribution in [2.75, 3.05) is 0 Å². The molecule has 0 spiro atoms. The topological polar surface area (TPSA) is 68.3 Å². The second-order valence-electron chi connectivity index (χ2n) is 8.05. The lowest BCUT2D eigenvalue weighted by Gasteiger charge is -2.36. The standard InChI is InChI=1S/C24H28O4/c1-16(2)10-12-24(13-11-17(3)4)21(27)15-20(26)22(23(24)28)19(25)14-18-8-6-5-7-9-18/h5-11,22H,12-15H2,1-4H3. The van der Waals surface area contributed by atoms with Crippen LogP contribution >= 0.6 is 0 Å². The number of rotatable bonds is 7. The molecule has 0 amide bonds. The van der Waals surface area contributed by atoms with Crippen molar-refractivity contribution in [2.45, 2.75) is 53.4 Å². The largest absolute Gasteiger partial charge is 0.298 e. The van der Waals surface area contributed by atoms with Crippen LogP contribution in [0.2, 0.25) is 0 Å². The van der Waals surface area contributed by atoms with Gasteiger partial charge in [-0.1, -0.05) is 53.6 Å². The molecule has 4 nitrogen and oxygen atoms in total. The smallest absolute Gasteiger partial charge is 0.164 e. The quantitative estimate of drug-likeness (QED) is 0.524. The van der Waals surface area contributed by atoms with Crippen LogP contribution in [0.1, 0.15) is 52.5 Å². The van der Waals surface area contributed by atoms with E-state index >= 15 is 0 Å². The molecule has 0 saturated heterocycles. The summed E-state index contributed by atoms with van der Waals surface area (Å²) in [4.78, 5) is 51.7. The highest BCUT2D eigenvalue weighted by Gasteiger charge is 2.54. The minimum absolute atomic E-state index is 0.0124. The van der Waals surface area contributed by atoms with Gasteiger partial charge in [-0.15, -0.1) is 0 Å². The molecule has 1 unspecified atom stereocenters. The van der Waals surface area contributed by atoms with E-state index in [9.17, 15) is 19.2 Å². The molecule has 1 fully saturated rings. The average Bonchev–Trinajstić information content (AvgIpc) is 2.61. The van der Waals surface area contributed by atoms with Crippen molar-refractivity contribution >= 4 is 23.1 Å². The van der Waals surface area contributed by atoms with Gasteiger partial charge in [0.05, 0.1) is 11.8 Å². The van der Waals surface area contributed by atoms with E-state index in [0.29, 0.717) is 0 Å². The molecular formula is C24H28O4. The predicted molar refractivity (Wildman–Crippen MR) is 109 cm³/mol. The molecule has 0 radical (unpaired) electrons. The third-order valence-corrected chi connectivity index (χ3v) is 5.19. The van der Waals surface area contributed by atoms with E-state index in [-0.39, 0.29) is 31.5 Å². The van der Waals surface area contributed by atoms with Gasteiger partial charge in [-0.25, -0.2) is 0 Å². The van der Waals surface area contributed by atoms with Crippen LogP contribution in [0, 0.1) is 11.3 Å². The Bertz CT molecular complexity index is 815. The van der Waals surface area contributed by atoms with E-state index < -0.39 is 28.7 Å². The van der Waals surface area contributed by atoms with Gasteiger partial charge in [0, 0.05) is 6.42 Å². The Kier molecular flexibility index (Phi) is 7.00. The number of allylic oxidation sites excluding steroid dienone is 4. The highest BCUT2D eigenvalue weighted by atomic mass is 16.2. The van der Waals surface area contributed by atoms with E-state index in [1.54, 1.807) is 12.1 Å². The van der Waals surface area contributed by atoms with Crippen molar-refractivity contribution in [2.24, 2.45) is 11.3 Å². The first-order valence-corrected chi connectivity index (χ1v) is 9.61. The SMILES string of the molecule is CC(C)=CCC1(CC=C(C)C)C(=O)CC(=O)C(C(=O)Cc2ccccc2)C1=O. The summed E-state index contributed by atoms with van der Waals surface area (Å²) in [6.07, 6.45) is 3.80. The Labute approximate surface area is 166 Å². The molecule has 1 aliphatic carbocycles. The van der Waals surface area contributed by atoms with Crippen molar-refractivity contribution in [1.82, 2.24) is 0 Å². The van der Waals surface area contributed by atoms with Crippen LogP contribution in [0.3, 0.4) is 0 Å². The number of ketones is 4. The van der Waals surface area contributed by atoms with Gasteiger partial charge < -0.3 is 0 Å². The molecule has 1 saturated carbocycles. The van der Waals surface area contributed by atoms with Crippen LogP contribution < -0.4 is 0 Å². The van der Waals surface area contributed by atoms with Gasteiger partial charge >= 0.3 is 0 Å². The maximum absolute atomic E-state index is 13.4. The number of Topliss-reactive ketones (excluding diaryl/α,β-unsaturated/α-hetero) is 4. The minimum atomic E-state index is -1.35. The first kappa shape index (κ1) is 21.7. The van der Waals surface area contributed by atoms with Crippen LogP contribution in [0.15, 0.2) is 53.6 Å². The summed E-state index contributed by atoms with van der Waals surface area (Å²) >= 11 is 0. The lowest BCUT2D eigenvalue weighted by atomic mass is 9.62. The van der Waals surface area contributed by atoms with Crippen LogP contribution in [-0.4, -0.2) is 23.1 Å². The number of carbonyl (C=O) groups is 4. The highest BCUT2D eigenvalue weighted by molar-refractivity contribution is 6.33. The van der Waals surface area contributed by atoms with Gasteiger partial charge in [-0.3, -0.25) is 19.2 Å². The van der Waals surface area contributed by atoms with Crippen LogP contribution in [0.5, 0.6) is 0 Å². The van der Waals surface area contributed by atoms with E-state index in [1.807, 2.05) is 58.0 Å². The molecule has 0 heterocycles. The lowest BCUT2D eigenvalue weighted by molar-refractivity contribution is -0.154. The van der Waals surface area contributed by atoms with Gasteiger partial charge in [0.1, 0.15) is 5.92 Å². The average molecular weight is 380 g/mol. The summed E-state index contributed by atoms with van der Waals surface area (Å²) in [6.45, 7) is 7.59. The first-order chi connectivity index (χ1) is 13.2. The zero-order chi connectivity index (χ0) is 20.9. The van der Waals surface area contributed by atoms with Crippen LogP contribution in [0.4, 0.5) is 0 Å². The van der Waals surface area contributed by atoms with E-state index in [4.69, 9.17) is 0 Å². The first-order valence-electron chi connectivity index (χ1n) is 9.61. The molecule has 0 aromatic heterocycles. The fourth-order valence-corrected chi connectivity index (χ4v) is 3.48. The summed E-state index contributed by atoms with van der Waals surface area (Å²) in [5.74, 6) is -3.26. The summed E-state index contributed by atoms with van der Waals surface area (Å²) < 4.78 is 0. The molecule has 1 atom stereocenters. The Morgan fingerprint density at radius 2 is 1.50 bits per heavy atom. The Morgan fingerprint density at radius 1 is 0.964 bits per heavy atom. The Hall–Kier alpha value is -2.62. The van der Waals surface area contributed by atoms with Crippen molar-refractivity contribution in [3.05, 3.63) is 59.2 Å². The fraction of sp³-hybridized carbons (Fsp3) is 0.417. The molecule has 28 heavy (non-hydrogen) atoms. The van der Waals surface area contributed by atoms with Crippen molar-refractivity contribution in [3.8, 4) is 0 Å². The van der Waals surface area contributed by atoms with Crippen molar-refractivity contribution in [1.29, 1.82) is 0 Å². The molecule has 0 aliphatic heterocycles. The Balaban J connectivity index is 2.41. The number of carbonyl (C=O) groups excluding carboxylic acids is 4. The molecule has 4 heteroatoms. The monoisotopic (exact) mass is 380 g/mol. The molecule has 1 aliphatic rings. The highest BCUT2D eigenvalue weighted by Crippen LogP contribution is 2.40. The van der Waals surface area contributed by atoms with Gasteiger partial charge in [-0.05, 0) is 46.1 Å². The van der Waals surface area contributed by atoms with E-state index in [1.165, 1.54) is 0 Å². The molecule has 0 bridgehead atoms. The third-order valence-electron chi connectivity index (χ3n) is 5.19. The zero-order valence-corrected chi connectivity index (χ0v) is 17.1. The summed E-state index contributed by atoms with van der Waals surface area (Å²) in [5.41, 5.74) is 1.39. The predicted octanol–water partition coefficient (Wildman–Crippen LogP) is 4.22. The van der Waals surface area contributed by atoms with Gasteiger partial charge in [0.2, 0.25) is 0 Å². The Morgan fingerprint density at radius 3 is 2.00 bits per heavy atom. The normalized spacial score (nSPS) is 18.6. The number of hydrogen-bond donors (Lipinski definition) is 0. The van der Waals surface area contributed by atoms with E-state index in [2.05, 4.69) is 0 Å². The van der Waals surface area contributed by atoms with E-state index in [0.717, 1.165) is 16.7 Å². The van der Waals surface area contributed by atoms with Crippen LogP contribution in [-0.2, 0) is 25.6 Å². The lowest BCUT2D eigenvalue weighted by Crippen LogP contribution is -2.53. The molecule has 1 aromatic carbocycles. The van der Waals surface area contributed by atoms with Crippen LogP contribution in [0.25, 0.3) is 0 Å². The molecular weight excluding hydrogens is 352 g/mol. The van der Waals surface area contributed by atoms with Crippen molar-refractivity contribution in [3.63, 3.8) is 0 Å². The summed E-state index contributed by atoms with van der Waals surface area (Å²) in [6, 6.07) is 9.05. The fourth-order valence-electron chi connectivity index (χ4n) is 3.48. The molecule has 2 rings (SSSR count). The van der Waals surface area contributed by atoms with Gasteiger partial charge in [0.15, 0.2) is 23.1 Å². The second kappa shape index (κ2) is 9.05. The summed E-state index contributed by atoms with van der Waals surface area (Å²) in [7, 11) is 0. The van der Waals surface area contributed by atoms with Crippen molar-refractivity contribution < 1.29 is 19.2 Å². The maximum atomic E-state index is 13.4.